The first-order valence-electron chi connectivity index (χ1n) is 7.38. The molecule has 0 aliphatic carbocycles. The number of ether oxygens (including phenoxy) is 1. The van der Waals surface area contributed by atoms with Gasteiger partial charge in [-0.3, -0.25) is 9.52 Å². The van der Waals surface area contributed by atoms with Crippen LogP contribution in [0.25, 0.3) is 0 Å². The number of halogens is 1. The summed E-state index contributed by atoms with van der Waals surface area (Å²) in [6, 6.07) is 9.67. The predicted molar refractivity (Wildman–Crippen MR) is 98.1 cm³/mol. The van der Waals surface area contributed by atoms with Crippen LogP contribution in [0.15, 0.2) is 47.4 Å². The monoisotopic (exact) mass is 396 g/mol. The molecule has 0 bridgehead atoms. The number of anilines is 1. The third-order valence-corrected chi connectivity index (χ3v) is 5.12. The molecule has 2 aromatic rings. The lowest BCUT2D eigenvalue weighted by molar-refractivity contribution is 0.0600. The van der Waals surface area contributed by atoms with Crippen molar-refractivity contribution >= 4 is 39.2 Å². The maximum atomic E-state index is 12.6. The van der Waals surface area contributed by atoms with Crippen LogP contribution >= 0.6 is 11.6 Å². The number of nitrogens with one attached hydrogen (secondary N) is 1. The molecule has 0 aromatic heterocycles. The van der Waals surface area contributed by atoms with E-state index in [0.29, 0.717) is 0 Å². The number of benzene rings is 2. The van der Waals surface area contributed by atoms with E-state index in [-0.39, 0.29) is 32.6 Å². The smallest absolute Gasteiger partial charge is 0.337 e. The lowest BCUT2D eigenvalue weighted by atomic mass is 10.2. The van der Waals surface area contributed by atoms with Crippen LogP contribution in [0.5, 0.6) is 0 Å². The van der Waals surface area contributed by atoms with Crippen molar-refractivity contribution in [3.63, 3.8) is 0 Å². The van der Waals surface area contributed by atoms with Crippen LogP contribution in [0, 0.1) is 0 Å². The summed E-state index contributed by atoms with van der Waals surface area (Å²) in [6.45, 7) is 0. The lowest BCUT2D eigenvalue weighted by Crippen LogP contribution is -2.22. The number of sulfonamides is 1. The van der Waals surface area contributed by atoms with E-state index in [1.807, 2.05) is 0 Å². The Hall–Kier alpha value is -2.58. The van der Waals surface area contributed by atoms with Gasteiger partial charge in [0.2, 0.25) is 0 Å². The Morgan fingerprint density at radius 1 is 1.08 bits per heavy atom. The van der Waals surface area contributed by atoms with Crippen molar-refractivity contribution in [3.8, 4) is 0 Å². The van der Waals surface area contributed by atoms with E-state index in [9.17, 15) is 18.0 Å². The molecule has 0 heterocycles. The predicted octanol–water partition coefficient (Wildman–Crippen LogP) is 2.63. The van der Waals surface area contributed by atoms with Gasteiger partial charge in [0.1, 0.15) is 0 Å². The lowest BCUT2D eigenvalue weighted by Gasteiger charge is -2.14. The number of amides is 1. The molecule has 2 aromatic carbocycles. The third kappa shape index (κ3) is 4.33. The van der Waals surface area contributed by atoms with Crippen molar-refractivity contribution in [2.24, 2.45) is 0 Å². The summed E-state index contributed by atoms with van der Waals surface area (Å²) >= 11 is 6.05. The van der Waals surface area contributed by atoms with Gasteiger partial charge in [-0.05, 0) is 36.4 Å². The average Bonchev–Trinajstić information content (AvgIpc) is 2.62. The van der Waals surface area contributed by atoms with Crippen LogP contribution in [0.2, 0.25) is 5.02 Å². The summed E-state index contributed by atoms with van der Waals surface area (Å²) in [6.07, 6.45) is 0. The minimum absolute atomic E-state index is 0.0582. The number of esters is 1. The fourth-order valence-electron chi connectivity index (χ4n) is 2.11. The van der Waals surface area contributed by atoms with Crippen LogP contribution < -0.4 is 4.72 Å². The van der Waals surface area contributed by atoms with Gasteiger partial charge in [0, 0.05) is 19.7 Å². The molecule has 2 rings (SSSR count). The second-order valence-corrected chi connectivity index (χ2v) is 7.61. The standard InChI is InChI=1S/C17H17ClN2O5S/c1-20(2)16(21)11-7-8-14(18)15(10-11)19-26(23,24)13-6-4-5-12(9-13)17(22)25-3/h4-10,19H,1-3H3. The van der Waals surface area contributed by atoms with E-state index in [1.54, 1.807) is 14.1 Å². The maximum Gasteiger partial charge on any atom is 0.337 e. The van der Waals surface area contributed by atoms with Gasteiger partial charge in [0.25, 0.3) is 15.9 Å². The Balaban J connectivity index is 2.39. The Kier molecular flexibility index (Phi) is 5.89. The van der Waals surface area contributed by atoms with Crippen molar-refractivity contribution in [1.82, 2.24) is 4.90 Å². The van der Waals surface area contributed by atoms with E-state index in [2.05, 4.69) is 9.46 Å². The summed E-state index contributed by atoms with van der Waals surface area (Å²) in [4.78, 5) is 24.9. The average molecular weight is 397 g/mol. The van der Waals surface area contributed by atoms with E-state index in [0.717, 1.165) is 0 Å². The van der Waals surface area contributed by atoms with E-state index < -0.39 is 16.0 Å². The Bertz CT molecular complexity index is 957. The Morgan fingerprint density at radius 2 is 1.77 bits per heavy atom. The van der Waals surface area contributed by atoms with Gasteiger partial charge >= 0.3 is 5.97 Å². The quantitative estimate of drug-likeness (QED) is 0.784. The first-order chi connectivity index (χ1) is 12.2. The molecule has 1 amide bonds. The minimum atomic E-state index is -4.03. The molecule has 0 saturated carbocycles. The van der Waals surface area contributed by atoms with Crippen molar-refractivity contribution < 1.29 is 22.7 Å². The zero-order chi connectivity index (χ0) is 19.5. The molecular formula is C17H17ClN2O5S. The van der Waals surface area contributed by atoms with Crippen LogP contribution in [-0.2, 0) is 14.8 Å². The van der Waals surface area contributed by atoms with E-state index >= 15 is 0 Å². The molecule has 0 fully saturated rings. The second kappa shape index (κ2) is 7.76. The van der Waals surface area contributed by atoms with Crippen LogP contribution in [-0.4, -0.2) is 46.4 Å². The molecule has 0 atom stereocenters. The van der Waals surface area contributed by atoms with Gasteiger partial charge in [-0.2, -0.15) is 0 Å². The van der Waals surface area contributed by atoms with Crippen molar-refractivity contribution in [1.29, 1.82) is 0 Å². The fourth-order valence-corrected chi connectivity index (χ4v) is 3.44. The zero-order valence-electron chi connectivity index (χ0n) is 14.3. The van der Waals surface area contributed by atoms with Crippen molar-refractivity contribution in [2.75, 3.05) is 25.9 Å². The minimum Gasteiger partial charge on any atom is -0.465 e. The molecule has 26 heavy (non-hydrogen) atoms. The molecule has 7 nitrogen and oxygen atoms in total. The largest absolute Gasteiger partial charge is 0.465 e. The summed E-state index contributed by atoms with van der Waals surface area (Å²) in [7, 11) is 0.338. The third-order valence-electron chi connectivity index (χ3n) is 3.43. The number of hydrogen-bond donors (Lipinski definition) is 1. The van der Waals surface area contributed by atoms with Crippen LogP contribution in [0.1, 0.15) is 20.7 Å². The molecule has 138 valence electrons. The topological polar surface area (TPSA) is 92.8 Å². The summed E-state index contributed by atoms with van der Waals surface area (Å²) < 4.78 is 32.2. The number of rotatable bonds is 5. The normalized spacial score (nSPS) is 10.9. The molecule has 0 unspecified atom stereocenters. The Morgan fingerprint density at radius 3 is 2.38 bits per heavy atom. The number of methoxy groups -OCH3 is 1. The molecular weight excluding hydrogens is 380 g/mol. The van der Waals surface area contributed by atoms with Gasteiger partial charge in [-0.15, -0.1) is 0 Å². The van der Waals surface area contributed by atoms with Crippen LogP contribution in [0.3, 0.4) is 0 Å². The van der Waals surface area contributed by atoms with E-state index in [1.165, 1.54) is 54.5 Å². The summed E-state index contributed by atoms with van der Waals surface area (Å²) in [5, 5.41) is 0.132. The highest BCUT2D eigenvalue weighted by molar-refractivity contribution is 7.92. The second-order valence-electron chi connectivity index (χ2n) is 5.52. The highest BCUT2D eigenvalue weighted by Crippen LogP contribution is 2.26. The van der Waals surface area contributed by atoms with Crippen molar-refractivity contribution in [3.05, 3.63) is 58.6 Å². The van der Waals surface area contributed by atoms with Gasteiger partial charge in [0.15, 0.2) is 0 Å². The molecule has 0 spiro atoms. The first kappa shape index (κ1) is 19.7. The Labute approximate surface area is 156 Å². The van der Waals surface area contributed by atoms with Gasteiger partial charge in [-0.1, -0.05) is 17.7 Å². The first-order valence-corrected chi connectivity index (χ1v) is 9.24. The van der Waals surface area contributed by atoms with Gasteiger partial charge < -0.3 is 9.64 Å². The number of carbonyl (C=O) groups excluding carboxylic acids is 2. The fraction of sp³-hybridized carbons (Fsp3) is 0.176. The number of carbonyl (C=O) groups is 2. The van der Waals surface area contributed by atoms with E-state index in [4.69, 9.17) is 11.6 Å². The summed E-state index contributed by atoms with van der Waals surface area (Å²) in [5.74, 6) is -0.950. The van der Waals surface area contributed by atoms with Crippen molar-refractivity contribution in [2.45, 2.75) is 4.90 Å². The molecule has 0 radical (unpaired) electrons. The zero-order valence-corrected chi connectivity index (χ0v) is 15.9. The highest BCUT2D eigenvalue weighted by atomic mass is 35.5. The van der Waals surface area contributed by atoms with Gasteiger partial charge in [-0.25, -0.2) is 13.2 Å². The van der Waals surface area contributed by atoms with Crippen LogP contribution in [0.4, 0.5) is 5.69 Å². The summed E-state index contributed by atoms with van der Waals surface area (Å²) in [5.41, 5.74) is 0.432. The number of hydrogen-bond acceptors (Lipinski definition) is 5. The number of nitrogens with zero attached hydrogens (tertiary/aromatic N) is 1. The molecule has 1 N–H and O–H groups in total. The maximum absolute atomic E-state index is 12.6. The van der Waals surface area contributed by atoms with Gasteiger partial charge in [0.05, 0.1) is 28.3 Å². The molecule has 0 aliphatic rings. The SMILES string of the molecule is COC(=O)c1cccc(S(=O)(=O)Nc2cc(C(=O)N(C)C)ccc2Cl)c1. The molecule has 0 aliphatic heterocycles. The molecule has 9 heteroatoms. The highest BCUT2D eigenvalue weighted by Gasteiger charge is 2.19. The molecule has 0 saturated heterocycles.